The van der Waals surface area contributed by atoms with E-state index in [1.54, 1.807) is 6.20 Å². The van der Waals surface area contributed by atoms with Crippen LogP contribution in [0, 0.1) is 6.92 Å². The summed E-state index contributed by atoms with van der Waals surface area (Å²) >= 11 is 0. The summed E-state index contributed by atoms with van der Waals surface area (Å²) in [6, 6.07) is 19.7. The van der Waals surface area contributed by atoms with E-state index in [9.17, 15) is 4.79 Å². The van der Waals surface area contributed by atoms with Crippen LogP contribution < -0.4 is 15.4 Å². The highest BCUT2D eigenvalue weighted by molar-refractivity contribution is 5.95. The largest absolute Gasteiger partial charge is 0.487 e. The SMILES string of the molecule is Cc1cc(OCc2ccccn2)ccc1Nc1cccc(C(=O)NC2CCCC2)c1. The van der Waals surface area contributed by atoms with Crippen molar-refractivity contribution in [3.63, 3.8) is 0 Å². The molecule has 1 aliphatic rings. The van der Waals surface area contributed by atoms with Gasteiger partial charge in [0, 0.05) is 29.2 Å². The Morgan fingerprint density at radius 1 is 1.07 bits per heavy atom. The summed E-state index contributed by atoms with van der Waals surface area (Å²) in [5.74, 6) is 0.800. The molecule has 0 aliphatic heterocycles. The van der Waals surface area contributed by atoms with Crippen LogP contribution in [-0.4, -0.2) is 16.9 Å². The molecule has 1 saturated carbocycles. The highest BCUT2D eigenvalue weighted by Gasteiger charge is 2.18. The summed E-state index contributed by atoms with van der Waals surface area (Å²) in [5.41, 5.74) is 4.51. The lowest BCUT2D eigenvalue weighted by molar-refractivity contribution is 0.0938. The van der Waals surface area contributed by atoms with E-state index in [0.29, 0.717) is 18.2 Å². The van der Waals surface area contributed by atoms with E-state index in [0.717, 1.165) is 41.2 Å². The van der Waals surface area contributed by atoms with Crippen molar-refractivity contribution in [1.29, 1.82) is 0 Å². The second-order valence-electron chi connectivity index (χ2n) is 7.75. The van der Waals surface area contributed by atoms with Crippen molar-refractivity contribution in [2.75, 3.05) is 5.32 Å². The second-order valence-corrected chi connectivity index (χ2v) is 7.75. The summed E-state index contributed by atoms with van der Waals surface area (Å²) in [7, 11) is 0. The molecule has 154 valence electrons. The Labute approximate surface area is 177 Å². The van der Waals surface area contributed by atoms with Crippen LogP contribution in [0.2, 0.25) is 0 Å². The lowest BCUT2D eigenvalue weighted by atomic mass is 10.1. The number of aromatic nitrogens is 1. The van der Waals surface area contributed by atoms with E-state index in [2.05, 4.69) is 15.6 Å². The fourth-order valence-electron chi connectivity index (χ4n) is 3.74. The number of hydrogen-bond acceptors (Lipinski definition) is 4. The van der Waals surface area contributed by atoms with Crippen molar-refractivity contribution < 1.29 is 9.53 Å². The first-order valence-electron chi connectivity index (χ1n) is 10.5. The van der Waals surface area contributed by atoms with Crippen LogP contribution in [0.4, 0.5) is 11.4 Å². The van der Waals surface area contributed by atoms with E-state index in [1.807, 2.05) is 67.6 Å². The fraction of sp³-hybridized carbons (Fsp3) is 0.280. The third-order valence-electron chi connectivity index (χ3n) is 5.40. The Hall–Kier alpha value is -3.34. The molecule has 0 radical (unpaired) electrons. The number of amides is 1. The van der Waals surface area contributed by atoms with E-state index < -0.39 is 0 Å². The number of hydrogen-bond donors (Lipinski definition) is 2. The molecule has 1 aromatic heterocycles. The minimum atomic E-state index is 0.000501. The van der Waals surface area contributed by atoms with Crippen molar-refractivity contribution in [3.8, 4) is 5.75 Å². The van der Waals surface area contributed by atoms with Crippen molar-refractivity contribution in [1.82, 2.24) is 10.3 Å². The molecule has 1 fully saturated rings. The number of nitrogens with zero attached hydrogens (tertiary/aromatic N) is 1. The van der Waals surface area contributed by atoms with Gasteiger partial charge >= 0.3 is 0 Å². The number of pyridine rings is 1. The topological polar surface area (TPSA) is 63.2 Å². The zero-order chi connectivity index (χ0) is 20.8. The monoisotopic (exact) mass is 401 g/mol. The smallest absolute Gasteiger partial charge is 0.251 e. The number of anilines is 2. The molecule has 0 unspecified atom stereocenters. The fourth-order valence-corrected chi connectivity index (χ4v) is 3.74. The van der Waals surface area contributed by atoms with Crippen molar-refractivity contribution in [2.24, 2.45) is 0 Å². The van der Waals surface area contributed by atoms with Crippen LogP contribution in [0.15, 0.2) is 66.9 Å². The molecule has 1 amide bonds. The van der Waals surface area contributed by atoms with Gasteiger partial charge < -0.3 is 15.4 Å². The molecule has 0 spiro atoms. The van der Waals surface area contributed by atoms with Crippen LogP contribution in [0.1, 0.15) is 47.3 Å². The van der Waals surface area contributed by atoms with Gasteiger partial charge in [0.05, 0.1) is 5.69 Å². The molecule has 5 nitrogen and oxygen atoms in total. The Balaban J connectivity index is 1.39. The Morgan fingerprint density at radius 3 is 2.70 bits per heavy atom. The highest BCUT2D eigenvalue weighted by Crippen LogP contribution is 2.26. The van der Waals surface area contributed by atoms with Crippen molar-refractivity contribution >= 4 is 17.3 Å². The predicted octanol–water partition coefficient (Wildman–Crippen LogP) is 5.39. The van der Waals surface area contributed by atoms with Gasteiger partial charge in [0.1, 0.15) is 12.4 Å². The Kier molecular flexibility index (Phi) is 6.28. The number of aryl methyl sites for hydroxylation is 1. The zero-order valence-corrected chi connectivity index (χ0v) is 17.2. The quantitative estimate of drug-likeness (QED) is 0.557. The average Bonchev–Trinajstić information content (AvgIpc) is 3.28. The van der Waals surface area contributed by atoms with E-state index >= 15 is 0 Å². The van der Waals surface area contributed by atoms with Gasteiger partial charge in [-0.3, -0.25) is 9.78 Å². The molecule has 5 heteroatoms. The third-order valence-corrected chi connectivity index (χ3v) is 5.40. The first kappa shape index (κ1) is 20.0. The number of rotatable bonds is 7. The number of benzene rings is 2. The lowest BCUT2D eigenvalue weighted by Gasteiger charge is -2.14. The summed E-state index contributed by atoms with van der Waals surface area (Å²) in [6.07, 6.45) is 6.33. The summed E-state index contributed by atoms with van der Waals surface area (Å²) < 4.78 is 5.85. The maximum Gasteiger partial charge on any atom is 0.251 e. The van der Waals surface area contributed by atoms with Crippen LogP contribution in [0.3, 0.4) is 0 Å². The molecule has 4 rings (SSSR count). The summed E-state index contributed by atoms with van der Waals surface area (Å²) in [6.45, 7) is 2.47. The molecule has 0 saturated heterocycles. The molecule has 3 aromatic rings. The average molecular weight is 402 g/mol. The van der Waals surface area contributed by atoms with Crippen LogP contribution >= 0.6 is 0 Å². The van der Waals surface area contributed by atoms with Gasteiger partial charge in [0.15, 0.2) is 0 Å². The minimum absolute atomic E-state index is 0.000501. The number of nitrogens with one attached hydrogen (secondary N) is 2. The van der Waals surface area contributed by atoms with E-state index in [1.165, 1.54) is 12.8 Å². The molecular weight excluding hydrogens is 374 g/mol. The Bertz CT molecular complexity index is 998. The van der Waals surface area contributed by atoms with E-state index in [-0.39, 0.29) is 5.91 Å². The molecule has 2 N–H and O–H groups in total. The number of ether oxygens (including phenoxy) is 1. The van der Waals surface area contributed by atoms with Gasteiger partial charge in [-0.05, 0) is 73.9 Å². The van der Waals surface area contributed by atoms with Crippen LogP contribution in [0.5, 0.6) is 5.75 Å². The van der Waals surface area contributed by atoms with E-state index in [4.69, 9.17) is 4.74 Å². The maximum atomic E-state index is 12.5. The molecule has 0 bridgehead atoms. The van der Waals surface area contributed by atoms with Gasteiger partial charge in [-0.25, -0.2) is 0 Å². The molecule has 1 heterocycles. The molecular formula is C25H27N3O2. The predicted molar refractivity (Wildman–Crippen MR) is 119 cm³/mol. The summed E-state index contributed by atoms with van der Waals surface area (Å²) in [5, 5.41) is 6.56. The zero-order valence-electron chi connectivity index (χ0n) is 17.2. The third kappa shape index (κ3) is 5.17. The maximum absolute atomic E-state index is 12.5. The molecule has 30 heavy (non-hydrogen) atoms. The summed E-state index contributed by atoms with van der Waals surface area (Å²) in [4.78, 5) is 16.8. The first-order chi connectivity index (χ1) is 14.7. The normalized spacial score (nSPS) is 13.8. The molecule has 2 aromatic carbocycles. The van der Waals surface area contributed by atoms with Gasteiger partial charge in [-0.2, -0.15) is 0 Å². The van der Waals surface area contributed by atoms with Gasteiger partial charge in [-0.1, -0.05) is 25.0 Å². The van der Waals surface area contributed by atoms with Crippen LogP contribution in [0.25, 0.3) is 0 Å². The molecule has 0 atom stereocenters. The second kappa shape index (κ2) is 9.44. The molecule has 1 aliphatic carbocycles. The Morgan fingerprint density at radius 2 is 1.93 bits per heavy atom. The minimum Gasteiger partial charge on any atom is -0.487 e. The van der Waals surface area contributed by atoms with Gasteiger partial charge in [0.2, 0.25) is 0 Å². The van der Waals surface area contributed by atoms with Crippen molar-refractivity contribution in [3.05, 3.63) is 83.7 Å². The lowest BCUT2D eigenvalue weighted by Crippen LogP contribution is -2.32. The number of carbonyl (C=O) groups excluding carboxylic acids is 1. The standard InChI is InChI=1S/C25H27N3O2/c1-18-15-23(30-17-22-10-4-5-14-26-22)12-13-24(18)27-21-11-6-7-19(16-21)25(29)28-20-8-2-3-9-20/h4-7,10-16,20,27H,2-3,8-9,17H2,1H3,(H,28,29). The van der Waals surface area contributed by atoms with Gasteiger partial charge in [-0.15, -0.1) is 0 Å². The number of carbonyl (C=O) groups is 1. The van der Waals surface area contributed by atoms with Crippen molar-refractivity contribution in [2.45, 2.75) is 45.3 Å². The van der Waals surface area contributed by atoms with Crippen LogP contribution in [-0.2, 0) is 6.61 Å². The highest BCUT2D eigenvalue weighted by atomic mass is 16.5. The first-order valence-corrected chi connectivity index (χ1v) is 10.5. The van der Waals surface area contributed by atoms with Gasteiger partial charge in [0.25, 0.3) is 5.91 Å².